The normalized spacial score (nSPS) is 17.4. The van der Waals surface area contributed by atoms with Crippen LogP contribution in [0.4, 0.5) is 0 Å². The zero-order valence-corrected chi connectivity index (χ0v) is 12.9. The Labute approximate surface area is 121 Å². The highest BCUT2D eigenvalue weighted by Gasteiger charge is 2.15. The monoisotopic (exact) mass is 278 g/mol. The lowest BCUT2D eigenvalue weighted by molar-refractivity contribution is -0.121. The quantitative estimate of drug-likeness (QED) is 0.884. The minimum Gasteiger partial charge on any atom is -0.353 e. The van der Waals surface area contributed by atoms with Crippen molar-refractivity contribution >= 4 is 5.91 Å². The summed E-state index contributed by atoms with van der Waals surface area (Å²) in [5.41, 5.74) is 1.99. The Kier molecular flexibility index (Phi) is 5.17. The van der Waals surface area contributed by atoms with Crippen LogP contribution < -0.4 is 5.32 Å². The zero-order valence-electron chi connectivity index (χ0n) is 12.9. The molecule has 0 radical (unpaired) electrons. The average molecular weight is 278 g/mol. The van der Waals surface area contributed by atoms with Gasteiger partial charge in [-0.05, 0) is 51.8 Å². The lowest BCUT2D eigenvalue weighted by atomic mass is 9.99. The van der Waals surface area contributed by atoms with Crippen LogP contribution in [0.5, 0.6) is 0 Å². The van der Waals surface area contributed by atoms with E-state index in [0.29, 0.717) is 6.54 Å². The third-order valence-electron chi connectivity index (χ3n) is 4.02. The van der Waals surface area contributed by atoms with Crippen molar-refractivity contribution in [2.45, 2.75) is 40.2 Å². The number of amides is 1. The zero-order chi connectivity index (χ0) is 14.5. The van der Waals surface area contributed by atoms with E-state index in [9.17, 15) is 4.79 Å². The number of nitrogens with one attached hydrogen (secondary N) is 1. The molecule has 5 heteroatoms. The Hall–Kier alpha value is -1.36. The minimum absolute atomic E-state index is 0.0431. The van der Waals surface area contributed by atoms with Crippen molar-refractivity contribution in [3.05, 3.63) is 17.5 Å². The van der Waals surface area contributed by atoms with Crippen molar-refractivity contribution < 1.29 is 4.79 Å². The molecule has 1 aliphatic heterocycles. The highest BCUT2D eigenvalue weighted by molar-refractivity contribution is 5.75. The molecule has 0 aliphatic carbocycles. The molecule has 1 fully saturated rings. The van der Waals surface area contributed by atoms with Crippen LogP contribution in [0.2, 0.25) is 0 Å². The van der Waals surface area contributed by atoms with Gasteiger partial charge in [-0.25, -0.2) is 0 Å². The minimum atomic E-state index is 0.0431. The van der Waals surface area contributed by atoms with E-state index >= 15 is 0 Å². The number of piperidine rings is 1. The predicted octanol–water partition coefficient (Wildman–Crippen LogP) is 1.35. The molecule has 0 aromatic carbocycles. The number of likely N-dealkylation sites (tertiary alicyclic amines) is 1. The van der Waals surface area contributed by atoms with Crippen molar-refractivity contribution in [3.63, 3.8) is 0 Å². The van der Waals surface area contributed by atoms with E-state index < -0.39 is 0 Å². The van der Waals surface area contributed by atoms with Gasteiger partial charge in [-0.2, -0.15) is 5.10 Å². The SMILES string of the molecule is Cc1cc(C)n(CC(=O)NCCN2CCC(C)CC2)n1. The van der Waals surface area contributed by atoms with Gasteiger partial charge in [-0.3, -0.25) is 9.48 Å². The number of carbonyl (C=O) groups is 1. The van der Waals surface area contributed by atoms with Crippen molar-refractivity contribution in [1.29, 1.82) is 0 Å². The summed E-state index contributed by atoms with van der Waals surface area (Å²) in [6.45, 7) is 10.6. The van der Waals surface area contributed by atoms with Crippen molar-refractivity contribution in [3.8, 4) is 0 Å². The maximum Gasteiger partial charge on any atom is 0.241 e. The standard InChI is InChI=1S/C15H26N4O/c1-12-4-7-18(8-5-12)9-6-16-15(20)11-19-14(3)10-13(2)17-19/h10,12H,4-9,11H2,1-3H3,(H,16,20). The molecule has 1 aromatic heterocycles. The molecule has 5 nitrogen and oxygen atoms in total. The lowest BCUT2D eigenvalue weighted by Gasteiger charge is -2.30. The van der Waals surface area contributed by atoms with Crippen LogP contribution in [-0.2, 0) is 11.3 Å². The molecule has 2 heterocycles. The highest BCUT2D eigenvalue weighted by atomic mass is 16.2. The van der Waals surface area contributed by atoms with Gasteiger partial charge in [0.2, 0.25) is 5.91 Å². The average Bonchev–Trinajstić information content (AvgIpc) is 2.70. The number of nitrogens with zero attached hydrogens (tertiary/aromatic N) is 3. The fourth-order valence-corrected chi connectivity index (χ4v) is 2.67. The lowest BCUT2D eigenvalue weighted by Crippen LogP contribution is -2.40. The van der Waals surface area contributed by atoms with Crippen LogP contribution in [0.25, 0.3) is 0 Å². The van der Waals surface area contributed by atoms with Gasteiger partial charge < -0.3 is 10.2 Å². The van der Waals surface area contributed by atoms with E-state index in [2.05, 4.69) is 22.2 Å². The van der Waals surface area contributed by atoms with Gasteiger partial charge >= 0.3 is 0 Å². The van der Waals surface area contributed by atoms with Gasteiger partial charge in [0, 0.05) is 18.8 Å². The van der Waals surface area contributed by atoms with Crippen molar-refractivity contribution in [1.82, 2.24) is 20.0 Å². The summed E-state index contributed by atoms with van der Waals surface area (Å²) in [5.74, 6) is 0.897. The first-order chi connectivity index (χ1) is 9.54. The van der Waals surface area contributed by atoms with E-state index in [1.165, 1.54) is 12.8 Å². The second kappa shape index (κ2) is 6.88. The summed E-state index contributed by atoms with van der Waals surface area (Å²) in [7, 11) is 0. The van der Waals surface area contributed by atoms with E-state index in [1.807, 2.05) is 19.9 Å². The van der Waals surface area contributed by atoms with Gasteiger partial charge in [0.25, 0.3) is 0 Å². The summed E-state index contributed by atoms with van der Waals surface area (Å²) in [6.07, 6.45) is 2.55. The maximum atomic E-state index is 11.9. The molecule has 1 saturated heterocycles. The van der Waals surface area contributed by atoms with Gasteiger partial charge in [-0.15, -0.1) is 0 Å². The molecular weight excluding hydrogens is 252 g/mol. The molecule has 1 aliphatic rings. The molecule has 0 spiro atoms. The van der Waals surface area contributed by atoms with Gasteiger partial charge in [0.05, 0.1) is 5.69 Å². The number of aryl methyl sites for hydroxylation is 2. The van der Waals surface area contributed by atoms with Crippen LogP contribution in [0.15, 0.2) is 6.07 Å². The molecular formula is C15H26N4O. The summed E-state index contributed by atoms with van der Waals surface area (Å²) in [6, 6.07) is 1.99. The Bertz CT molecular complexity index is 447. The summed E-state index contributed by atoms with van der Waals surface area (Å²) >= 11 is 0. The molecule has 0 bridgehead atoms. The van der Waals surface area contributed by atoms with Crippen LogP contribution in [0.1, 0.15) is 31.2 Å². The smallest absolute Gasteiger partial charge is 0.241 e. The first-order valence-electron chi connectivity index (χ1n) is 7.54. The van der Waals surface area contributed by atoms with Crippen LogP contribution in [0, 0.1) is 19.8 Å². The van der Waals surface area contributed by atoms with Crippen LogP contribution in [-0.4, -0.2) is 46.8 Å². The highest BCUT2D eigenvalue weighted by Crippen LogP contribution is 2.15. The van der Waals surface area contributed by atoms with E-state index in [-0.39, 0.29) is 5.91 Å². The molecule has 1 aromatic rings. The first-order valence-corrected chi connectivity index (χ1v) is 7.54. The second-order valence-electron chi connectivity index (χ2n) is 5.96. The number of hydrogen-bond acceptors (Lipinski definition) is 3. The Morgan fingerprint density at radius 1 is 1.40 bits per heavy atom. The Balaban J connectivity index is 1.66. The molecule has 2 rings (SSSR count). The van der Waals surface area contributed by atoms with E-state index in [0.717, 1.165) is 43.5 Å². The molecule has 112 valence electrons. The molecule has 1 N–H and O–H groups in total. The van der Waals surface area contributed by atoms with E-state index in [1.54, 1.807) is 4.68 Å². The number of aromatic nitrogens is 2. The Morgan fingerprint density at radius 3 is 2.70 bits per heavy atom. The van der Waals surface area contributed by atoms with Crippen LogP contribution in [0.3, 0.4) is 0 Å². The summed E-state index contributed by atoms with van der Waals surface area (Å²) in [4.78, 5) is 14.3. The van der Waals surface area contributed by atoms with Gasteiger partial charge in [0.15, 0.2) is 0 Å². The summed E-state index contributed by atoms with van der Waals surface area (Å²) < 4.78 is 1.76. The van der Waals surface area contributed by atoms with Crippen molar-refractivity contribution in [2.75, 3.05) is 26.2 Å². The second-order valence-corrected chi connectivity index (χ2v) is 5.96. The third-order valence-corrected chi connectivity index (χ3v) is 4.02. The number of rotatable bonds is 5. The fourth-order valence-electron chi connectivity index (χ4n) is 2.67. The van der Waals surface area contributed by atoms with E-state index in [4.69, 9.17) is 0 Å². The largest absolute Gasteiger partial charge is 0.353 e. The number of carbonyl (C=O) groups excluding carboxylic acids is 1. The van der Waals surface area contributed by atoms with Crippen molar-refractivity contribution in [2.24, 2.45) is 5.92 Å². The van der Waals surface area contributed by atoms with Gasteiger partial charge in [-0.1, -0.05) is 6.92 Å². The third kappa shape index (κ3) is 4.34. The summed E-state index contributed by atoms with van der Waals surface area (Å²) in [5, 5.41) is 7.29. The fraction of sp³-hybridized carbons (Fsp3) is 0.733. The molecule has 0 atom stereocenters. The Morgan fingerprint density at radius 2 is 2.10 bits per heavy atom. The number of hydrogen-bond donors (Lipinski definition) is 1. The predicted molar refractivity (Wildman–Crippen MR) is 79.5 cm³/mol. The molecule has 0 saturated carbocycles. The van der Waals surface area contributed by atoms with Gasteiger partial charge in [0.1, 0.15) is 6.54 Å². The molecule has 20 heavy (non-hydrogen) atoms. The topological polar surface area (TPSA) is 50.2 Å². The maximum absolute atomic E-state index is 11.9. The molecule has 0 unspecified atom stereocenters. The van der Waals surface area contributed by atoms with Crippen LogP contribution >= 0.6 is 0 Å². The molecule has 1 amide bonds. The first kappa shape index (κ1) is 15.0.